The molecule has 3 aliphatic rings. The molecule has 4 aromatic rings. The van der Waals surface area contributed by atoms with E-state index in [2.05, 4.69) is 86.1 Å². The molecule has 0 radical (unpaired) electrons. The standard InChI is InChI=1S/C43H49N8O15P3S/c1-48(2)26-14-16-30-34(20-26)70-35-21-27(49(3)4)15-17-31(35)39(30)28-11-6-7-12-29(28)42(55)50(5)19-9-13-36(53)45-18-8-10-25-23-51(40-38(25)41(54)47-43(44)46-40)37-22-32(52)33(64-37)24-63-68(59,60)66-69(61,62)65-67(56,57)58/h6-7,11-12,14-17,20-21,23,32-33,37,52H,9,13,18-19,22,24H2,1-5H3,(H7-,44,45,46,47,53,54,56,57,58,59,60,61,62)/t32-,33+,37+/m0/s1. The Morgan fingerprint density at radius 2 is 1.80 bits per heavy atom. The number of nitrogens with one attached hydrogen (secondary N) is 2. The lowest BCUT2D eigenvalue weighted by Crippen LogP contribution is -2.30. The molecular weight excluding hydrogens is 994 g/mol. The number of amides is 2. The van der Waals surface area contributed by atoms with Crippen LogP contribution in [0, 0.1) is 11.8 Å². The van der Waals surface area contributed by atoms with Crippen LogP contribution in [0.1, 0.15) is 41.4 Å². The molecular formula is C43H49N8O15P3S. The van der Waals surface area contributed by atoms with E-state index in [9.17, 15) is 47.9 Å². The van der Waals surface area contributed by atoms with Crippen molar-refractivity contribution in [2.45, 2.75) is 37.7 Å². The number of ether oxygens (including phenoxy) is 1. The first-order chi connectivity index (χ1) is 32.9. The van der Waals surface area contributed by atoms with Crippen LogP contribution in [0.5, 0.6) is 0 Å². The first-order valence-corrected chi connectivity index (χ1v) is 26.5. The van der Waals surface area contributed by atoms with Gasteiger partial charge in [-0.1, -0.05) is 36.1 Å². The average molecular weight is 1040 g/mol. The number of aliphatic hydroxyl groups is 1. The highest BCUT2D eigenvalue weighted by Crippen LogP contribution is 2.65. The Labute approximate surface area is 403 Å². The normalized spacial score (nSPS) is 18.4. The molecule has 372 valence electrons. The van der Waals surface area contributed by atoms with Crippen LogP contribution in [0.3, 0.4) is 0 Å². The number of nitrogen functional groups attached to an aromatic ring is 1. The van der Waals surface area contributed by atoms with Crippen molar-refractivity contribution in [1.82, 2.24) is 29.3 Å². The van der Waals surface area contributed by atoms with Crippen molar-refractivity contribution in [2.24, 2.45) is 0 Å². The molecule has 1 saturated heterocycles. The number of rotatable bonds is 16. The second-order valence-electron chi connectivity index (χ2n) is 16.5. The number of phosphoric ester groups is 1. The highest BCUT2D eigenvalue weighted by atomic mass is 32.1. The number of hydrogen-bond donors (Lipinski definition) is 7. The Bertz CT molecular complexity index is 3320. The van der Waals surface area contributed by atoms with Gasteiger partial charge in [0.1, 0.15) is 26.4 Å². The minimum absolute atomic E-state index is 0.0154. The lowest BCUT2D eigenvalue weighted by Gasteiger charge is -2.22. The van der Waals surface area contributed by atoms with Crippen molar-refractivity contribution in [3.05, 3.63) is 93.7 Å². The van der Waals surface area contributed by atoms with E-state index in [1.165, 1.54) is 10.8 Å². The molecule has 0 saturated carbocycles. The second kappa shape index (κ2) is 21.0. The summed E-state index contributed by atoms with van der Waals surface area (Å²) in [5, 5.41) is 15.4. The van der Waals surface area contributed by atoms with Gasteiger partial charge in [-0.3, -0.25) is 28.5 Å². The zero-order valence-corrected chi connectivity index (χ0v) is 41.7. The van der Waals surface area contributed by atoms with Gasteiger partial charge < -0.3 is 54.8 Å². The Hall–Kier alpha value is -5.60. The number of carbonyl (C=O) groups excluding carboxylic acids is 2. The van der Waals surface area contributed by atoms with Crippen LogP contribution in [-0.2, 0) is 36.4 Å². The first-order valence-electron chi connectivity index (χ1n) is 21.2. The average Bonchev–Trinajstić information content (AvgIpc) is 3.83. The van der Waals surface area contributed by atoms with E-state index in [1.54, 1.807) is 23.3 Å². The molecule has 1 fully saturated rings. The van der Waals surface area contributed by atoms with Gasteiger partial charge >= 0.3 is 15.6 Å². The molecule has 6 atom stereocenters. The topological polar surface area (TPSA) is 324 Å². The summed E-state index contributed by atoms with van der Waals surface area (Å²) in [4.78, 5) is 90.1. The molecule has 70 heavy (non-hydrogen) atoms. The van der Waals surface area contributed by atoms with Crippen molar-refractivity contribution >= 4 is 79.4 Å². The third kappa shape index (κ3) is 12.3. The predicted octanol–water partition coefficient (Wildman–Crippen LogP) is 2.77. The van der Waals surface area contributed by atoms with Gasteiger partial charge in [0, 0.05) is 90.6 Å². The van der Waals surface area contributed by atoms with Gasteiger partial charge in [-0.05, 0) is 41.8 Å². The first kappa shape index (κ1) is 52.2. The number of nitrogens with two attached hydrogens (primary N) is 1. The number of H-pyrrole nitrogens is 1. The monoisotopic (exact) mass is 1040 g/mol. The summed E-state index contributed by atoms with van der Waals surface area (Å²) in [6, 6.07) is 20.2. The van der Waals surface area contributed by atoms with Crippen molar-refractivity contribution in [2.75, 3.05) is 65.6 Å². The molecule has 4 heterocycles. The fourth-order valence-corrected chi connectivity index (χ4v) is 11.9. The van der Waals surface area contributed by atoms with Gasteiger partial charge in [0.25, 0.3) is 19.3 Å². The third-order valence-corrected chi connectivity index (χ3v) is 15.9. The molecule has 7 rings (SSSR count). The lowest BCUT2D eigenvalue weighted by molar-refractivity contribution is -0.212. The zero-order chi connectivity index (χ0) is 50.9. The molecule has 0 bridgehead atoms. The van der Waals surface area contributed by atoms with Gasteiger partial charge in [0.15, 0.2) is 5.65 Å². The predicted molar refractivity (Wildman–Crippen MR) is 258 cm³/mol. The van der Waals surface area contributed by atoms with Gasteiger partial charge in [-0.25, -0.2) is 18.0 Å². The molecule has 3 unspecified atom stereocenters. The van der Waals surface area contributed by atoms with Crippen molar-refractivity contribution in [3.8, 4) is 33.4 Å². The molecule has 1 aliphatic carbocycles. The summed E-state index contributed by atoms with van der Waals surface area (Å²) in [5.74, 6) is 4.81. The van der Waals surface area contributed by atoms with E-state index >= 15 is 0 Å². The molecule has 2 amide bonds. The van der Waals surface area contributed by atoms with E-state index in [4.69, 9.17) is 15.4 Å². The maximum atomic E-state index is 14.2. The molecule has 2 aromatic carbocycles. The van der Waals surface area contributed by atoms with Crippen molar-refractivity contribution in [1.29, 1.82) is 0 Å². The summed E-state index contributed by atoms with van der Waals surface area (Å²) in [5.41, 5.74) is 9.62. The molecule has 23 nitrogen and oxygen atoms in total. The number of carbonyl (C=O) groups is 2. The van der Waals surface area contributed by atoms with Crippen molar-refractivity contribution < 1.29 is 65.8 Å². The van der Waals surface area contributed by atoms with Crippen LogP contribution in [0.2, 0.25) is 0 Å². The Morgan fingerprint density at radius 3 is 2.51 bits per heavy atom. The Kier molecular flexibility index (Phi) is 15.7. The zero-order valence-electron chi connectivity index (χ0n) is 38.2. The Balaban J connectivity index is 0.989. The van der Waals surface area contributed by atoms with Crippen LogP contribution in [0.15, 0.2) is 71.7 Å². The summed E-state index contributed by atoms with van der Waals surface area (Å²) in [6.07, 6.45) is -2.31. The number of aromatic nitrogens is 3. The maximum absolute atomic E-state index is 14.2. The largest absolute Gasteiger partial charge is 0.756 e. The third-order valence-electron chi connectivity index (χ3n) is 11.0. The number of nitrogens with zero attached hydrogens (tertiary/aromatic N) is 5. The minimum atomic E-state index is -5.87. The Morgan fingerprint density at radius 1 is 1.06 bits per heavy atom. The molecule has 27 heteroatoms. The lowest BCUT2D eigenvalue weighted by atomic mass is 9.91. The minimum Gasteiger partial charge on any atom is -0.756 e. The van der Waals surface area contributed by atoms with E-state index in [-0.39, 0.29) is 60.3 Å². The number of phosphoric acid groups is 3. The summed E-state index contributed by atoms with van der Waals surface area (Å²) in [6.45, 7) is -0.795. The fraction of sp³-hybridized carbons (Fsp3) is 0.326. The number of anilines is 2. The number of fused-ring (bicyclic) bond motifs is 3. The molecule has 8 N–H and O–H groups in total. The number of benzene rings is 3. The maximum Gasteiger partial charge on any atom is 0.487 e. The molecule has 2 aliphatic heterocycles. The van der Waals surface area contributed by atoms with Gasteiger partial charge in [0.2, 0.25) is 17.2 Å². The van der Waals surface area contributed by atoms with Crippen LogP contribution in [-0.4, -0.2) is 118 Å². The highest BCUT2D eigenvalue weighted by Gasteiger charge is 2.42. The SMILES string of the molecule is CN(CCCC(=O)NCC#Cc1cn([C@H]2C[C@H](O)[C@@H](COP(=O)(O)OP(=O)(O)OP(=O)([O-])O)O2)c2nc(N)[nH]c(=O)c12)C(=O)c1ccccc1-c1c2ccc(=[N+](C)C)cc-2sc2cc(N(C)C)ccc12. The summed E-state index contributed by atoms with van der Waals surface area (Å²) < 4.78 is 56.8. The molecule has 0 spiro atoms. The van der Waals surface area contributed by atoms with Crippen LogP contribution in [0.25, 0.3) is 42.7 Å². The quantitative estimate of drug-likeness (QED) is 0.0317. The number of aliphatic hydroxyl groups excluding tert-OH is 1. The van der Waals surface area contributed by atoms with Crippen LogP contribution >= 0.6 is 34.8 Å². The van der Waals surface area contributed by atoms with Crippen LogP contribution < -0.4 is 36.3 Å². The van der Waals surface area contributed by atoms with E-state index in [0.29, 0.717) is 12.0 Å². The number of hydrogen-bond acceptors (Lipinski definition) is 16. The van der Waals surface area contributed by atoms with Gasteiger partial charge in [-0.2, -0.15) is 9.29 Å². The van der Waals surface area contributed by atoms with Crippen molar-refractivity contribution in [3.63, 3.8) is 0 Å². The molecule has 2 aromatic heterocycles. The smallest absolute Gasteiger partial charge is 0.487 e. The number of aromatic amines is 1. The van der Waals surface area contributed by atoms with E-state index < -0.39 is 54.1 Å². The summed E-state index contributed by atoms with van der Waals surface area (Å²) >= 11 is 1.70. The summed E-state index contributed by atoms with van der Waals surface area (Å²) in [7, 11) is -7.58. The van der Waals surface area contributed by atoms with Gasteiger partial charge in [0.05, 0.1) is 30.2 Å². The van der Waals surface area contributed by atoms with E-state index in [0.717, 1.165) is 42.7 Å². The second-order valence-corrected chi connectivity index (χ2v) is 21.9. The van der Waals surface area contributed by atoms with Gasteiger partial charge in [-0.15, -0.1) is 11.3 Å². The fourth-order valence-electron chi connectivity index (χ4n) is 7.75. The van der Waals surface area contributed by atoms with Crippen LogP contribution in [0.4, 0.5) is 11.6 Å². The highest BCUT2D eigenvalue weighted by molar-refractivity contribution is 7.66. The van der Waals surface area contributed by atoms with E-state index in [1.807, 2.05) is 52.5 Å².